The van der Waals surface area contributed by atoms with E-state index < -0.39 is 17.6 Å². The van der Waals surface area contributed by atoms with Gasteiger partial charge in [0.15, 0.2) is 0 Å². The Kier molecular flexibility index (Phi) is 6.82. The number of halogens is 3. The van der Waals surface area contributed by atoms with Crippen LogP contribution in [-0.4, -0.2) is 50.3 Å². The fraction of sp³-hybridized carbons (Fsp3) is 0.318. The summed E-state index contributed by atoms with van der Waals surface area (Å²) in [5.41, 5.74) is 1.32. The van der Waals surface area contributed by atoms with Gasteiger partial charge in [-0.2, -0.15) is 13.2 Å². The first-order chi connectivity index (χ1) is 15.3. The second-order valence-electron chi connectivity index (χ2n) is 7.57. The molecule has 5 nitrogen and oxygen atoms in total. The maximum absolute atomic E-state index is 12.8. The lowest BCUT2D eigenvalue weighted by Crippen LogP contribution is -2.47. The number of benzene rings is 2. The third-order valence-electron chi connectivity index (χ3n) is 5.28. The number of nitrogens with zero attached hydrogens (tertiary/aromatic N) is 3. The highest BCUT2D eigenvalue weighted by Crippen LogP contribution is 2.27. The van der Waals surface area contributed by atoms with E-state index in [1.165, 1.54) is 23.4 Å². The minimum Gasteiger partial charge on any atom is -0.355 e. The molecule has 0 aliphatic carbocycles. The number of aromatic nitrogens is 2. The van der Waals surface area contributed by atoms with E-state index in [4.69, 9.17) is 12.2 Å². The zero-order chi connectivity index (χ0) is 22.7. The van der Waals surface area contributed by atoms with Gasteiger partial charge < -0.3 is 9.88 Å². The first-order valence-corrected chi connectivity index (χ1v) is 11.5. The van der Waals surface area contributed by atoms with Crippen molar-refractivity contribution in [2.45, 2.75) is 18.5 Å². The van der Waals surface area contributed by atoms with Crippen LogP contribution in [0.3, 0.4) is 0 Å². The zero-order valence-electron chi connectivity index (χ0n) is 17.1. The number of H-pyrrole nitrogens is 1. The lowest BCUT2D eigenvalue weighted by atomic mass is 10.1. The summed E-state index contributed by atoms with van der Waals surface area (Å²) in [6.07, 6.45) is -4.70. The molecular weight excluding hydrogens is 457 g/mol. The Hall–Kier alpha value is -2.43. The number of thiocarbonyl (C=S) groups is 1. The molecule has 1 fully saturated rings. The van der Waals surface area contributed by atoms with E-state index in [-0.39, 0.29) is 10.9 Å². The molecule has 0 radical (unpaired) electrons. The van der Waals surface area contributed by atoms with Crippen LogP contribution in [0.4, 0.5) is 13.2 Å². The van der Waals surface area contributed by atoms with Crippen LogP contribution >= 0.6 is 24.0 Å². The van der Waals surface area contributed by atoms with Crippen LogP contribution in [0, 0.1) is 0 Å². The maximum Gasteiger partial charge on any atom is 0.449 e. The van der Waals surface area contributed by atoms with Gasteiger partial charge in [-0.3, -0.25) is 9.69 Å². The van der Waals surface area contributed by atoms with Gasteiger partial charge in [0.1, 0.15) is 4.32 Å². The summed E-state index contributed by atoms with van der Waals surface area (Å²) >= 11 is 7.08. The number of piperazine rings is 1. The summed E-state index contributed by atoms with van der Waals surface area (Å²) < 4.78 is 39.3. The Bertz CT molecular complexity index is 1160. The molecule has 2 aromatic carbocycles. The van der Waals surface area contributed by atoms with Crippen LogP contribution < -0.4 is 5.56 Å². The van der Waals surface area contributed by atoms with Gasteiger partial charge in [0.25, 0.3) is 5.56 Å². The van der Waals surface area contributed by atoms with Crippen molar-refractivity contribution in [3.05, 3.63) is 75.8 Å². The molecule has 1 saturated heterocycles. The van der Waals surface area contributed by atoms with E-state index >= 15 is 0 Å². The molecule has 1 aromatic heterocycles. The quantitative estimate of drug-likeness (QED) is 0.565. The minimum absolute atomic E-state index is 0.0203. The fourth-order valence-corrected chi connectivity index (χ4v) is 4.77. The summed E-state index contributed by atoms with van der Waals surface area (Å²) in [6, 6.07) is 15.1. The van der Waals surface area contributed by atoms with Crippen molar-refractivity contribution >= 4 is 39.2 Å². The van der Waals surface area contributed by atoms with Gasteiger partial charge in [0, 0.05) is 38.5 Å². The molecule has 0 amide bonds. The zero-order valence-corrected chi connectivity index (χ0v) is 18.7. The van der Waals surface area contributed by atoms with E-state index in [1.807, 2.05) is 23.2 Å². The molecule has 1 aliphatic rings. The monoisotopic (exact) mass is 478 g/mol. The van der Waals surface area contributed by atoms with Crippen LogP contribution in [0.2, 0.25) is 0 Å². The topological polar surface area (TPSA) is 52.2 Å². The highest BCUT2D eigenvalue weighted by atomic mass is 32.2. The molecule has 0 saturated carbocycles. The van der Waals surface area contributed by atoms with Gasteiger partial charge in [-0.15, -0.1) is 0 Å². The van der Waals surface area contributed by atoms with E-state index in [0.29, 0.717) is 5.75 Å². The number of rotatable bonds is 4. The SMILES string of the molecule is O=c1[nH]c(C(F)(F)F)nc2ccc(CSC(=S)N3CCN(Cc4ccccc4)CC3)cc12. The highest BCUT2D eigenvalue weighted by Gasteiger charge is 2.34. The van der Waals surface area contributed by atoms with E-state index in [2.05, 4.69) is 26.9 Å². The normalized spacial score (nSPS) is 15.3. The third kappa shape index (κ3) is 5.48. The van der Waals surface area contributed by atoms with Gasteiger partial charge in [-0.1, -0.05) is 60.4 Å². The molecular formula is C22H21F3N4OS2. The van der Waals surface area contributed by atoms with Crippen LogP contribution in [0.5, 0.6) is 0 Å². The van der Waals surface area contributed by atoms with Crippen molar-refractivity contribution in [3.8, 4) is 0 Å². The number of fused-ring (bicyclic) bond motifs is 1. The number of nitrogens with one attached hydrogen (secondary N) is 1. The lowest BCUT2D eigenvalue weighted by Gasteiger charge is -2.35. The Balaban J connectivity index is 1.33. The van der Waals surface area contributed by atoms with Gasteiger partial charge in [-0.25, -0.2) is 4.98 Å². The lowest BCUT2D eigenvalue weighted by molar-refractivity contribution is -0.144. The summed E-state index contributed by atoms with van der Waals surface area (Å²) in [7, 11) is 0. The van der Waals surface area contributed by atoms with Crippen LogP contribution in [0.15, 0.2) is 53.3 Å². The highest BCUT2D eigenvalue weighted by molar-refractivity contribution is 8.22. The van der Waals surface area contributed by atoms with Crippen molar-refractivity contribution in [2.24, 2.45) is 0 Å². The fourth-order valence-electron chi connectivity index (χ4n) is 3.58. The predicted octanol–water partition coefficient (Wildman–Crippen LogP) is 4.28. The van der Waals surface area contributed by atoms with E-state index in [0.717, 1.165) is 42.6 Å². The first kappa shape index (κ1) is 22.8. The van der Waals surface area contributed by atoms with Crippen molar-refractivity contribution in [1.29, 1.82) is 0 Å². The molecule has 10 heteroatoms. The first-order valence-electron chi connectivity index (χ1n) is 10.1. The number of aromatic amines is 1. The smallest absolute Gasteiger partial charge is 0.355 e. The molecule has 168 valence electrons. The Labute approximate surface area is 192 Å². The molecule has 32 heavy (non-hydrogen) atoms. The van der Waals surface area contributed by atoms with Gasteiger partial charge in [0.2, 0.25) is 5.82 Å². The van der Waals surface area contributed by atoms with Gasteiger partial charge in [-0.05, 0) is 23.3 Å². The average molecular weight is 479 g/mol. The average Bonchev–Trinajstić information content (AvgIpc) is 2.78. The molecule has 1 aliphatic heterocycles. The molecule has 0 bridgehead atoms. The van der Waals surface area contributed by atoms with Crippen LogP contribution in [-0.2, 0) is 18.5 Å². The van der Waals surface area contributed by atoms with Gasteiger partial charge >= 0.3 is 6.18 Å². The predicted molar refractivity (Wildman–Crippen MR) is 125 cm³/mol. The number of thioether (sulfide) groups is 1. The maximum atomic E-state index is 12.8. The second-order valence-corrected chi connectivity index (χ2v) is 9.18. The Morgan fingerprint density at radius 3 is 2.47 bits per heavy atom. The minimum atomic E-state index is -4.70. The van der Waals surface area contributed by atoms with Crippen molar-refractivity contribution in [1.82, 2.24) is 19.8 Å². The molecule has 2 heterocycles. The number of alkyl halides is 3. The largest absolute Gasteiger partial charge is 0.449 e. The molecule has 3 aromatic rings. The standard InChI is InChI=1S/C22H21F3N4OS2/c23-22(24,25)20-26-18-7-6-16(12-17(18)19(30)27-20)14-32-21(31)29-10-8-28(9-11-29)13-15-4-2-1-3-5-15/h1-7,12H,8-11,13-14H2,(H,26,27,30). The number of hydrogen-bond donors (Lipinski definition) is 1. The molecule has 0 spiro atoms. The van der Waals surface area contributed by atoms with Crippen molar-refractivity contribution in [3.63, 3.8) is 0 Å². The molecule has 0 unspecified atom stereocenters. The van der Waals surface area contributed by atoms with E-state index in [1.54, 1.807) is 12.1 Å². The van der Waals surface area contributed by atoms with Crippen molar-refractivity contribution < 1.29 is 13.2 Å². The summed E-state index contributed by atoms with van der Waals surface area (Å²) in [5.74, 6) is -0.760. The van der Waals surface area contributed by atoms with Gasteiger partial charge in [0.05, 0.1) is 10.9 Å². The van der Waals surface area contributed by atoms with E-state index in [9.17, 15) is 18.0 Å². The Morgan fingerprint density at radius 2 is 1.78 bits per heavy atom. The molecule has 1 N–H and O–H groups in total. The third-order valence-corrected chi connectivity index (χ3v) is 6.87. The van der Waals surface area contributed by atoms with Crippen LogP contribution in [0.1, 0.15) is 17.0 Å². The Morgan fingerprint density at radius 1 is 1.06 bits per heavy atom. The number of hydrogen-bond acceptors (Lipinski definition) is 5. The summed E-state index contributed by atoms with van der Waals surface area (Å²) in [5, 5.41) is 0.136. The molecule has 4 rings (SSSR count). The second kappa shape index (κ2) is 9.60. The van der Waals surface area contributed by atoms with Crippen LogP contribution in [0.25, 0.3) is 10.9 Å². The summed E-state index contributed by atoms with van der Waals surface area (Å²) in [6.45, 7) is 4.47. The summed E-state index contributed by atoms with van der Waals surface area (Å²) in [4.78, 5) is 22.0. The van der Waals surface area contributed by atoms with Crippen molar-refractivity contribution in [2.75, 3.05) is 26.2 Å². The molecule has 0 atom stereocenters.